The Morgan fingerprint density at radius 1 is 1.50 bits per heavy atom. The molecule has 1 aromatic heterocycles. The van der Waals surface area contributed by atoms with Gasteiger partial charge in [-0.3, -0.25) is 4.79 Å². The molecule has 2 rings (SSSR count). The molecule has 72 valence electrons. The number of halogens is 1. The van der Waals surface area contributed by atoms with Crippen LogP contribution in [0.2, 0.25) is 0 Å². The molecular formula is C10H9FN2O. The second-order valence-electron chi connectivity index (χ2n) is 3.16. The molecule has 0 unspecified atom stereocenters. The molecule has 0 aliphatic heterocycles. The zero-order valence-corrected chi connectivity index (χ0v) is 7.91. The molecular weight excluding hydrogens is 183 g/mol. The third-order valence-corrected chi connectivity index (χ3v) is 2.18. The van der Waals surface area contributed by atoms with E-state index in [-0.39, 0.29) is 17.1 Å². The molecule has 1 heterocycles. The number of nitrogens with zero attached hydrogens (tertiary/aromatic N) is 2. The fourth-order valence-corrected chi connectivity index (χ4v) is 1.50. The molecule has 0 bridgehead atoms. The first-order valence-electron chi connectivity index (χ1n) is 4.23. The smallest absolute Gasteiger partial charge is 0.195 e. The van der Waals surface area contributed by atoms with E-state index >= 15 is 0 Å². The average Bonchev–Trinajstić information content (AvgIpc) is 2.46. The van der Waals surface area contributed by atoms with Crippen molar-refractivity contribution in [2.24, 2.45) is 7.05 Å². The van der Waals surface area contributed by atoms with Gasteiger partial charge in [0, 0.05) is 14.0 Å². The lowest BCUT2D eigenvalue weighted by Crippen LogP contribution is -2.02. The normalized spacial score (nSPS) is 10.8. The number of rotatable bonds is 1. The molecule has 0 aliphatic rings. The van der Waals surface area contributed by atoms with Crippen molar-refractivity contribution in [3.8, 4) is 0 Å². The lowest BCUT2D eigenvalue weighted by Gasteiger charge is -1.96. The van der Waals surface area contributed by atoms with Crippen molar-refractivity contribution in [2.45, 2.75) is 6.92 Å². The number of ketones is 1. The standard InChI is InChI=1S/C10H9FN2O/c1-6(14)10-12-9-7(11)4-3-5-8(9)13(10)2/h3-5H,1-2H3. The highest BCUT2D eigenvalue weighted by Crippen LogP contribution is 2.17. The number of Topliss-reactive ketones (excluding diaryl/α,β-unsaturated/α-hetero) is 1. The maximum Gasteiger partial charge on any atom is 0.195 e. The van der Waals surface area contributed by atoms with E-state index in [0.717, 1.165) is 0 Å². The number of fused-ring (bicyclic) bond motifs is 1. The largest absolute Gasteiger partial charge is 0.325 e. The lowest BCUT2D eigenvalue weighted by molar-refractivity contribution is 0.100. The van der Waals surface area contributed by atoms with E-state index in [9.17, 15) is 9.18 Å². The second kappa shape index (κ2) is 2.90. The van der Waals surface area contributed by atoms with Gasteiger partial charge in [0.15, 0.2) is 17.4 Å². The Morgan fingerprint density at radius 2 is 2.21 bits per heavy atom. The van der Waals surface area contributed by atoms with Crippen molar-refractivity contribution < 1.29 is 9.18 Å². The maximum atomic E-state index is 13.3. The van der Waals surface area contributed by atoms with E-state index < -0.39 is 5.82 Å². The Morgan fingerprint density at radius 3 is 2.79 bits per heavy atom. The molecule has 3 nitrogen and oxygen atoms in total. The summed E-state index contributed by atoms with van der Waals surface area (Å²) >= 11 is 0. The first kappa shape index (κ1) is 8.87. The summed E-state index contributed by atoms with van der Waals surface area (Å²) in [5.41, 5.74) is 0.885. The van der Waals surface area contributed by atoms with Crippen molar-refractivity contribution in [3.05, 3.63) is 29.8 Å². The molecule has 4 heteroatoms. The molecule has 14 heavy (non-hydrogen) atoms. The molecule has 0 saturated carbocycles. The minimum absolute atomic E-state index is 0.164. The Hall–Kier alpha value is -1.71. The van der Waals surface area contributed by atoms with Crippen LogP contribution in [0.5, 0.6) is 0 Å². The van der Waals surface area contributed by atoms with Gasteiger partial charge in [0.2, 0.25) is 0 Å². The van der Waals surface area contributed by atoms with Crippen LogP contribution in [0.15, 0.2) is 18.2 Å². The van der Waals surface area contributed by atoms with Crippen molar-refractivity contribution in [1.29, 1.82) is 0 Å². The second-order valence-corrected chi connectivity index (χ2v) is 3.16. The number of imidazole rings is 1. The first-order valence-corrected chi connectivity index (χ1v) is 4.23. The van der Waals surface area contributed by atoms with E-state index in [2.05, 4.69) is 4.98 Å². The summed E-state index contributed by atoms with van der Waals surface area (Å²) < 4.78 is 14.9. The van der Waals surface area contributed by atoms with Gasteiger partial charge in [0.25, 0.3) is 0 Å². The van der Waals surface area contributed by atoms with Gasteiger partial charge in [-0.15, -0.1) is 0 Å². The summed E-state index contributed by atoms with van der Waals surface area (Å²) in [7, 11) is 1.70. The summed E-state index contributed by atoms with van der Waals surface area (Å²) in [6.45, 7) is 1.42. The molecule has 2 aromatic rings. The Balaban J connectivity index is 2.86. The van der Waals surface area contributed by atoms with Crippen LogP contribution in [0.25, 0.3) is 11.0 Å². The van der Waals surface area contributed by atoms with Gasteiger partial charge in [0.1, 0.15) is 5.52 Å². The molecule has 0 atom stereocenters. The zero-order valence-electron chi connectivity index (χ0n) is 7.91. The minimum atomic E-state index is -0.398. The highest BCUT2D eigenvalue weighted by Gasteiger charge is 2.13. The lowest BCUT2D eigenvalue weighted by atomic mass is 10.3. The average molecular weight is 192 g/mol. The van der Waals surface area contributed by atoms with Gasteiger partial charge in [-0.25, -0.2) is 9.37 Å². The quantitative estimate of drug-likeness (QED) is 0.647. The highest BCUT2D eigenvalue weighted by atomic mass is 19.1. The molecule has 0 fully saturated rings. The molecule has 0 spiro atoms. The highest BCUT2D eigenvalue weighted by molar-refractivity contribution is 5.94. The predicted molar refractivity (Wildman–Crippen MR) is 50.7 cm³/mol. The van der Waals surface area contributed by atoms with Gasteiger partial charge in [-0.05, 0) is 12.1 Å². The molecule has 1 aromatic carbocycles. The van der Waals surface area contributed by atoms with Crippen molar-refractivity contribution in [3.63, 3.8) is 0 Å². The predicted octanol–water partition coefficient (Wildman–Crippen LogP) is 1.91. The minimum Gasteiger partial charge on any atom is -0.325 e. The van der Waals surface area contributed by atoms with Crippen LogP contribution in [-0.2, 0) is 7.05 Å². The maximum absolute atomic E-state index is 13.3. The van der Waals surface area contributed by atoms with E-state index in [1.807, 2.05) is 0 Å². The number of para-hydroxylation sites is 1. The van der Waals surface area contributed by atoms with Crippen LogP contribution >= 0.6 is 0 Å². The number of carbonyl (C=O) groups excluding carboxylic acids is 1. The van der Waals surface area contributed by atoms with Crippen molar-refractivity contribution in [2.75, 3.05) is 0 Å². The van der Waals surface area contributed by atoms with Gasteiger partial charge in [-0.2, -0.15) is 0 Å². The number of hydrogen-bond acceptors (Lipinski definition) is 2. The molecule has 0 radical (unpaired) electrons. The summed E-state index contributed by atoms with van der Waals surface area (Å²) in [6.07, 6.45) is 0. The van der Waals surface area contributed by atoms with Gasteiger partial charge >= 0.3 is 0 Å². The summed E-state index contributed by atoms with van der Waals surface area (Å²) in [5.74, 6) is -0.279. The summed E-state index contributed by atoms with van der Waals surface area (Å²) in [4.78, 5) is 15.1. The fourth-order valence-electron chi connectivity index (χ4n) is 1.50. The topological polar surface area (TPSA) is 34.9 Å². The number of aromatic nitrogens is 2. The molecule has 0 saturated heterocycles. The van der Waals surface area contributed by atoms with E-state index in [0.29, 0.717) is 5.52 Å². The zero-order chi connectivity index (χ0) is 10.3. The Bertz CT molecular complexity index is 516. The Labute approximate surface area is 80.2 Å². The van der Waals surface area contributed by atoms with Crippen LogP contribution in [0.4, 0.5) is 4.39 Å². The third kappa shape index (κ3) is 1.11. The van der Waals surface area contributed by atoms with Crippen molar-refractivity contribution >= 4 is 16.8 Å². The molecule has 0 amide bonds. The molecule has 0 aliphatic carbocycles. The van der Waals surface area contributed by atoms with Crippen LogP contribution < -0.4 is 0 Å². The number of hydrogen-bond donors (Lipinski definition) is 0. The summed E-state index contributed by atoms with van der Waals surface area (Å²) in [5, 5.41) is 0. The van der Waals surface area contributed by atoms with E-state index in [1.54, 1.807) is 23.7 Å². The summed E-state index contributed by atoms with van der Waals surface area (Å²) in [6, 6.07) is 4.67. The molecule has 0 N–H and O–H groups in total. The Kier molecular flexibility index (Phi) is 1.84. The van der Waals surface area contributed by atoms with Crippen LogP contribution in [0.1, 0.15) is 17.5 Å². The van der Waals surface area contributed by atoms with Crippen LogP contribution in [0.3, 0.4) is 0 Å². The number of aryl methyl sites for hydroxylation is 1. The fraction of sp³-hybridized carbons (Fsp3) is 0.200. The van der Waals surface area contributed by atoms with Crippen LogP contribution in [0, 0.1) is 5.82 Å². The number of benzene rings is 1. The van der Waals surface area contributed by atoms with E-state index in [1.165, 1.54) is 13.0 Å². The van der Waals surface area contributed by atoms with Gasteiger partial charge in [-0.1, -0.05) is 6.07 Å². The van der Waals surface area contributed by atoms with Crippen molar-refractivity contribution in [1.82, 2.24) is 9.55 Å². The SMILES string of the molecule is CC(=O)c1nc2c(F)cccc2n1C. The number of carbonyl (C=O) groups is 1. The van der Waals surface area contributed by atoms with Gasteiger partial charge < -0.3 is 4.57 Å². The monoisotopic (exact) mass is 192 g/mol. The van der Waals surface area contributed by atoms with E-state index in [4.69, 9.17) is 0 Å². The first-order chi connectivity index (χ1) is 6.61. The van der Waals surface area contributed by atoms with Crippen LogP contribution in [-0.4, -0.2) is 15.3 Å². The van der Waals surface area contributed by atoms with Gasteiger partial charge in [0.05, 0.1) is 5.52 Å². The third-order valence-electron chi connectivity index (χ3n) is 2.18.